The van der Waals surface area contributed by atoms with Gasteiger partial charge in [-0.3, -0.25) is 14.4 Å². The number of sulfone groups is 1. The number of Topliss-reactive ketones (excluding diaryl/α,β-unsaturated/α-hetero) is 2. The van der Waals surface area contributed by atoms with E-state index in [0.717, 1.165) is 6.07 Å². The third-order valence-corrected chi connectivity index (χ3v) is 6.60. The molecule has 0 spiro atoms. The summed E-state index contributed by atoms with van der Waals surface area (Å²) in [6, 6.07) is 2.33. The fraction of sp³-hybridized carbons (Fsp3) is 0.421. The van der Waals surface area contributed by atoms with Gasteiger partial charge in [-0.15, -0.1) is 0 Å². The first-order chi connectivity index (χ1) is 13.5. The van der Waals surface area contributed by atoms with Crippen molar-refractivity contribution >= 4 is 38.9 Å². The highest BCUT2D eigenvalue weighted by Gasteiger charge is 2.31. The summed E-state index contributed by atoms with van der Waals surface area (Å²) < 4.78 is 30.2. The van der Waals surface area contributed by atoms with E-state index in [2.05, 4.69) is 0 Å². The fourth-order valence-electron chi connectivity index (χ4n) is 2.73. The largest absolute Gasteiger partial charge is 0.511 e. The van der Waals surface area contributed by atoms with E-state index in [1.54, 1.807) is 0 Å². The molecule has 1 aromatic carbocycles. The molecule has 1 aliphatic rings. The molecule has 8 nitrogen and oxygen atoms in total. The van der Waals surface area contributed by atoms with Gasteiger partial charge < -0.3 is 14.7 Å². The third kappa shape index (κ3) is 4.79. The van der Waals surface area contributed by atoms with Crippen LogP contribution in [0.3, 0.4) is 0 Å². The number of aliphatic hydroxyl groups excluding tert-OH is 1. The lowest BCUT2D eigenvalue weighted by atomic mass is 9.90. The van der Waals surface area contributed by atoms with E-state index >= 15 is 0 Å². The first kappa shape index (κ1) is 22.9. The number of nitrogens with zero attached hydrogens (tertiary/aromatic N) is 1. The van der Waals surface area contributed by atoms with Crippen LogP contribution in [0.25, 0.3) is 0 Å². The minimum Gasteiger partial charge on any atom is -0.511 e. The summed E-state index contributed by atoms with van der Waals surface area (Å²) in [5.41, 5.74) is -0.551. The highest BCUT2D eigenvalue weighted by Crippen LogP contribution is 2.37. The van der Waals surface area contributed by atoms with Crippen molar-refractivity contribution in [3.05, 3.63) is 34.1 Å². The topological polar surface area (TPSA) is 118 Å². The van der Waals surface area contributed by atoms with Gasteiger partial charge in [0.05, 0.1) is 10.8 Å². The van der Waals surface area contributed by atoms with Gasteiger partial charge >= 0.3 is 0 Å². The van der Waals surface area contributed by atoms with Crippen LogP contribution in [0.1, 0.15) is 36.5 Å². The Labute approximate surface area is 174 Å². The number of ketones is 2. The smallest absolute Gasteiger partial charge is 0.259 e. The lowest BCUT2D eigenvalue weighted by Gasteiger charge is -2.18. The molecule has 2 rings (SSSR count). The zero-order chi connectivity index (χ0) is 21.9. The van der Waals surface area contributed by atoms with E-state index in [9.17, 15) is 27.9 Å². The van der Waals surface area contributed by atoms with Gasteiger partial charge in [0.15, 0.2) is 28.0 Å². The summed E-state index contributed by atoms with van der Waals surface area (Å²) in [5, 5.41) is 9.67. The number of rotatable bonds is 7. The Balaban J connectivity index is 2.59. The van der Waals surface area contributed by atoms with Crippen molar-refractivity contribution in [1.29, 1.82) is 0 Å². The number of aliphatic hydroxyl groups is 1. The number of benzene rings is 1. The molecule has 0 aromatic heterocycles. The predicted octanol–water partition coefficient (Wildman–Crippen LogP) is 2.35. The van der Waals surface area contributed by atoms with Crippen molar-refractivity contribution in [3.63, 3.8) is 0 Å². The number of ether oxygens (including phenoxy) is 1. The molecule has 0 unspecified atom stereocenters. The molecule has 0 bridgehead atoms. The minimum absolute atomic E-state index is 0.117. The van der Waals surface area contributed by atoms with Crippen molar-refractivity contribution in [2.24, 2.45) is 0 Å². The third-order valence-electron chi connectivity index (χ3n) is 4.47. The molecule has 0 atom stereocenters. The Morgan fingerprint density at radius 1 is 1.24 bits per heavy atom. The van der Waals surface area contributed by atoms with E-state index in [1.807, 2.05) is 0 Å². The first-order valence-electron chi connectivity index (χ1n) is 8.89. The van der Waals surface area contributed by atoms with Crippen molar-refractivity contribution in [2.45, 2.75) is 31.1 Å². The molecular formula is C19H22ClNO7S. The zero-order valence-corrected chi connectivity index (χ0v) is 17.9. The average molecular weight is 444 g/mol. The Morgan fingerprint density at radius 2 is 1.90 bits per heavy atom. The van der Waals surface area contributed by atoms with Crippen molar-refractivity contribution in [1.82, 2.24) is 4.90 Å². The molecule has 0 saturated carbocycles. The summed E-state index contributed by atoms with van der Waals surface area (Å²) in [7, 11) is -0.781. The molecule has 0 aliphatic heterocycles. The summed E-state index contributed by atoms with van der Waals surface area (Å²) in [5.74, 6) is -2.68. The predicted molar refractivity (Wildman–Crippen MR) is 106 cm³/mol. The summed E-state index contributed by atoms with van der Waals surface area (Å²) in [4.78, 5) is 37.8. The van der Waals surface area contributed by atoms with Gasteiger partial charge in [-0.25, -0.2) is 8.42 Å². The Hall–Kier alpha value is -2.39. The van der Waals surface area contributed by atoms with Crippen molar-refractivity contribution in [2.75, 3.05) is 26.5 Å². The fourth-order valence-corrected chi connectivity index (χ4v) is 4.12. The van der Waals surface area contributed by atoms with E-state index in [4.69, 9.17) is 16.3 Å². The molecule has 0 radical (unpaired) electrons. The van der Waals surface area contributed by atoms with Gasteiger partial charge in [-0.05, 0) is 18.6 Å². The Kier molecular flexibility index (Phi) is 7.07. The van der Waals surface area contributed by atoms with Crippen LogP contribution in [0.15, 0.2) is 28.4 Å². The van der Waals surface area contributed by atoms with Crippen LogP contribution in [-0.2, 0) is 19.4 Å². The quantitative estimate of drug-likeness (QED) is 0.507. The second-order valence-electron chi connectivity index (χ2n) is 6.66. The summed E-state index contributed by atoms with van der Waals surface area (Å²) in [6.45, 7) is 0.935. The van der Waals surface area contributed by atoms with Gasteiger partial charge in [0, 0.05) is 32.5 Å². The number of likely N-dealkylation sites (N-methyl/N-ethyl adjacent to an activating group) is 1. The number of amides is 1. The molecule has 29 heavy (non-hydrogen) atoms. The van der Waals surface area contributed by atoms with Crippen molar-refractivity contribution < 1.29 is 32.6 Å². The van der Waals surface area contributed by atoms with E-state index in [1.165, 1.54) is 32.0 Å². The monoisotopic (exact) mass is 443 g/mol. The Bertz CT molecular complexity index is 996. The van der Waals surface area contributed by atoms with Crippen LogP contribution < -0.4 is 4.74 Å². The average Bonchev–Trinajstić information content (AvgIpc) is 2.65. The van der Waals surface area contributed by atoms with Crippen LogP contribution >= 0.6 is 11.6 Å². The minimum atomic E-state index is -3.78. The number of halogens is 1. The lowest BCUT2D eigenvalue weighted by molar-refractivity contribution is -0.130. The van der Waals surface area contributed by atoms with Crippen LogP contribution in [0.5, 0.6) is 5.75 Å². The standard InChI is InChI=1S/C19H22ClNO7S/c1-4-29(26,27)14-9-8-11(17(20)19(14)28-10-15(24)21(2)3)18(25)16-12(22)6-5-7-13(16)23/h8-9,22H,4-7,10H2,1-3H3. The van der Waals surface area contributed by atoms with Gasteiger partial charge in [-0.1, -0.05) is 18.5 Å². The normalized spacial score (nSPS) is 14.7. The van der Waals surface area contributed by atoms with Crippen LogP contribution in [0.2, 0.25) is 5.02 Å². The number of allylic oxidation sites excluding steroid dienone is 2. The summed E-state index contributed by atoms with van der Waals surface area (Å²) in [6.07, 6.45) is 0.739. The van der Waals surface area contributed by atoms with E-state index in [0.29, 0.717) is 6.42 Å². The van der Waals surface area contributed by atoms with Crippen LogP contribution in [0.4, 0.5) is 0 Å². The van der Waals surface area contributed by atoms with Gasteiger partial charge in [0.25, 0.3) is 5.91 Å². The molecular weight excluding hydrogens is 422 g/mol. The maximum Gasteiger partial charge on any atom is 0.259 e. The molecule has 0 fully saturated rings. The maximum atomic E-state index is 12.9. The molecule has 1 amide bonds. The second kappa shape index (κ2) is 8.96. The first-order valence-corrected chi connectivity index (χ1v) is 10.9. The van der Waals surface area contributed by atoms with Crippen LogP contribution in [0, 0.1) is 0 Å². The van der Waals surface area contributed by atoms with Gasteiger partial charge in [0.2, 0.25) is 5.78 Å². The molecule has 1 aliphatic carbocycles. The lowest BCUT2D eigenvalue weighted by Crippen LogP contribution is -2.28. The zero-order valence-electron chi connectivity index (χ0n) is 16.3. The molecule has 0 saturated heterocycles. The molecule has 10 heteroatoms. The van der Waals surface area contributed by atoms with E-state index in [-0.39, 0.29) is 51.2 Å². The maximum absolute atomic E-state index is 12.9. The summed E-state index contributed by atoms with van der Waals surface area (Å²) >= 11 is 6.30. The van der Waals surface area contributed by atoms with Crippen LogP contribution in [-0.4, -0.2) is 62.4 Å². The second-order valence-corrected chi connectivity index (χ2v) is 9.29. The number of carbonyl (C=O) groups is 3. The van der Waals surface area contributed by atoms with Crippen molar-refractivity contribution in [3.8, 4) is 5.75 Å². The highest BCUT2D eigenvalue weighted by atomic mass is 35.5. The molecule has 0 heterocycles. The number of hydrogen-bond acceptors (Lipinski definition) is 7. The van der Waals surface area contributed by atoms with E-state index < -0.39 is 33.9 Å². The highest BCUT2D eigenvalue weighted by molar-refractivity contribution is 7.91. The SMILES string of the molecule is CCS(=O)(=O)c1ccc(C(=O)C2=C(O)CCCC2=O)c(Cl)c1OCC(=O)N(C)C. The van der Waals surface area contributed by atoms with Gasteiger partial charge in [0.1, 0.15) is 16.2 Å². The number of hydrogen-bond donors (Lipinski definition) is 1. The molecule has 1 aromatic rings. The Morgan fingerprint density at radius 3 is 2.45 bits per heavy atom. The van der Waals surface area contributed by atoms with Gasteiger partial charge in [-0.2, -0.15) is 0 Å². The number of carbonyl (C=O) groups excluding carboxylic acids is 3. The molecule has 1 N–H and O–H groups in total. The molecule has 158 valence electrons.